The second-order valence-corrected chi connectivity index (χ2v) is 3.69. The van der Waals surface area contributed by atoms with E-state index in [1.165, 1.54) is 0 Å². The molecule has 0 fully saturated rings. The Kier molecular flexibility index (Phi) is 4.40. The molecule has 0 unspecified atom stereocenters. The van der Waals surface area contributed by atoms with E-state index in [0.717, 1.165) is 12.0 Å². The third-order valence-electron chi connectivity index (χ3n) is 1.93. The second-order valence-electron chi connectivity index (χ2n) is 3.69. The van der Waals surface area contributed by atoms with Crippen molar-refractivity contribution in [1.82, 2.24) is 4.98 Å². The van der Waals surface area contributed by atoms with E-state index in [-0.39, 0.29) is 6.61 Å². The van der Waals surface area contributed by atoms with E-state index in [9.17, 15) is 0 Å². The maximum atomic E-state index is 8.80. The van der Waals surface area contributed by atoms with Crippen molar-refractivity contribution in [3.63, 3.8) is 0 Å². The molecule has 0 aliphatic carbocycles. The lowest BCUT2D eigenvalue weighted by Crippen LogP contribution is -2.02. The highest BCUT2D eigenvalue weighted by Gasteiger charge is 1.97. The predicted octanol–water partition coefficient (Wildman–Crippen LogP) is 2.00. The number of aliphatic hydroxyl groups excluding tert-OH is 1. The second kappa shape index (κ2) is 5.60. The van der Waals surface area contributed by atoms with E-state index in [2.05, 4.69) is 18.8 Å². The Bertz CT molecular complexity index is 256. The van der Waals surface area contributed by atoms with Crippen LogP contribution in [-0.4, -0.2) is 16.7 Å². The van der Waals surface area contributed by atoms with Gasteiger partial charge in [-0.3, -0.25) is 0 Å². The van der Waals surface area contributed by atoms with Crippen LogP contribution in [0.4, 0.5) is 0 Å². The van der Waals surface area contributed by atoms with Gasteiger partial charge in [-0.15, -0.1) is 0 Å². The highest BCUT2D eigenvalue weighted by Crippen LogP contribution is 2.09. The van der Waals surface area contributed by atoms with Crippen molar-refractivity contribution in [2.45, 2.75) is 26.9 Å². The number of nitrogens with zero attached hydrogens (tertiary/aromatic N) is 1. The summed E-state index contributed by atoms with van der Waals surface area (Å²) in [6.07, 6.45) is 2.66. The van der Waals surface area contributed by atoms with Crippen LogP contribution in [0.1, 0.15) is 25.8 Å². The molecule has 0 amide bonds. The predicted molar refractivity (Wildman–Crippen MR) is 55.1 cm³/mol. The zero-order chi connectivity index (χ0) is 10.4. The minimum Gasteiger partial charge on any atom is -0.478 e. The third-order valence-corrected chi connectivity index (χ3v) is 1.93. The Balaban J connectivity index is 2.36. The molecule has 1 aromatic heterocycles. The van der Waals surface area contributed by atoms with E-state index < -0.39 is 0 Å². The molecule has 1 rings (SSSR count). The SMILES string of the molecule is CC(C)CCOc1ccc(CO)cn1. The fourth-order valence-electron chi connectivity index (χ4n) is 0.989. The molecule has 3 heteroatoms. The Hall–Kier alpha value is -1.09. The zero-order valence-corrected chi connectivity index (χ0v) is 8.73. The van der Waals surface area contributed by atoms with Crippen molar-refractivity contribution in [3.8, 4) is 5.88 Å². The van der Waals surface area contributed by atoms with Gasteiger partial charge in [0.25, 0.3) is 0 Å². The van der Waals surface area contributed by atoms with Gasteiger partial charge < -0.3 is 9.84 Å². The summed E-state index contributed by atoms with van der Waals surface area (Å²) in [6.45, 7) is 5.04. The standard InChI is InChI=1S/C11H17NO2/c1-9(2)5-6-14-11-4-3-10(8-13)7-12-11/h3-4,7,9,13H,5-6,8H2,1-2H3. The van der Waals surface area contributed by atoms with E-state index in [1.54, 1.807) is 12.3 Å². The Labute approximate surface area is 84.7 Å². The van der Waals surface area contributed by atoms with Gasteiger partial charge in [0, 0.05) is 12.3 Å². The van der Waals surface area contributed by atoms with Crippen LogP contribution in [0.15, 0.2) is 18.3 Å². The average Bonchev–Trinajstić information content (AvgIpc) is 2.18. The molecule has 0 saturated carbocycles. The van der Waals surface area contributed by atoms with E-state index in [4.69, 9.17) is 9.84 Å². The Morgan fingerprint density at radius 3 is 2.71 bits per heavy atom. The molecule has 0 radical (unpaired) electrons. The monoisotopic (exact) mass is 195 g/mol. The van der Waals surface area contributed by atoms with Gasteiger partial charge in [-0.1, -0.05) is 13.8 Å². The number of hydrogen-bond acceptors (Lipinski definition) is 3. The van der Waals surface area contributed by atoms with Gasteiger partial charge in [0.1, 0.15) is 0 Å². The Morgan fingerprint density at radius 1 is 1.43 bits per heavy atom. The minimum absolute atomic E-state index is 0.0271. The Morgan fingerprint density at radius 2 is 2.21 bits per heavy atom. The first-order valence-electron chi connectivity index (χ1n) is 4.91. The summed E-state index contributed by atoms with van der Waals surface area (Å²) in [5.74, 6) is 1.27. The molecule has 0 spiro atoms. The maximum absolute atomic E-state index is 8.80. The number of pyridine rings is 1. The molecule has 78 valence electrons. The molecular weight excluding hydrogens is 178 g/mol. The summed E-state index contributed by atoms with van der Waals surface area (Å²) in [5.41, 5.74) is 0.807. The molecule has 0 saturated heterocycles. The van der Waals surface area contributed by atoms with Crippen molar-refractivity contribution in [1.29, 1.82) is 0 Å². The minimum atomic E-state index is 0.0271. The van der Waals surface area contributed by atoms with Crippen molar-refractivity contribution in [3.05, 3.63) is 23.9 Å². The molecule has 0 atom stereocenters. The number of aromatic nitrogens is 1. The van der Waals surface area contributed by atoms with Crippen LogP contribution >= 0.6 is 0 Å². The van der Waals surface area contributed by atoms with Crippen molar-refractivity contribution >= 4 is 0 Å². The zero-order valence-electron chi connectivity index (χ0n) is 8.73. The van der Waals surface area contributed by atoms with Crippen LogP contribution in [0.2, 0.25) is 0 Å². The molecule has 1 aromatic rings. The summed E-state index contributed by atoms with van der Waals surface area (Å²) in [5, 5.41) is 8.80. The number of hydrogen-bond donors (Lipinski definition) is 1. The lowest BCUT2D eigenvalue weighted by atomic mass is 10.1. The van der Waals surface area contributed by atoms with Gasteiger partial charge in [-0.05, 0) is 24.0 Å². The first kappa shape index (κ1) is 11.0. The fraction of sp³-hybridized carbons (Fsp3) is 0.545. The largest absolute Gasteiger partial charge is 0.478 e. The summed E-state index contributed by atoms with van der Waals surface area (Å²) in [7, 11) is 0. The van der Waals surface area contributed by atoms with Crippen LogP contribution in [0.3, 0.4) is 0 Å². The fourth-order valence-corrected chi connectivity index (χ4v) is 0.989. The van der Waals surface area contributed by atoms with Crippen molar-refractivity contribution < 1.29 is 9.84 Å². The average molecular weight is 195 g/mol. The third kappa shape index (κ3) is 3.75. The molecule has 1 heterocycles. The van der Waals surface area contributed by atoms with Gasteiger partial charge in [0.15, 0.2) is 0 Å². The van der Waals surface area contributed by atoms with E-state index in [0.29, 0.717) is 18.4 Å². The number of ether oxygens (including phenoxy) is 1. The van der Waals surface area contributed by atoms with Gasteiger partial charge >= 0.3 is 0 Å². The normalized spacial score (nSPS) is 10.6. The lowest BCUT2D eigenvalue weighted by molar-refractivity contribution is 0.273. The molecule has 0 aliphatic heterocycles. The first-order chi connectivity index (χ1) is 6.72. The summed E-state index contributed by atoms with van der Waals surface area (Å²) >= 11 is 0. The number of rotatable bonds is 5. The quantitative estimate of drug-likeness (QED) is 0.781. The molecular formula is C11H17NO2. The topological polar surface area (TPSA) is 42.4 Å². The smallest absolute Gasteiger partial charge is 0.213 e. The highest BCUT2D eigenvalue weighted by molar-refractivity contribution is 5.16. The van der Waals surface area contributed by atoms with E-state index in [1.807, 2.05) is 6.07 Å². The summed E-state index contributed by atoms with van der Waals surface area (Å²) < 4.78 is 5.42. The first-order valence-corrected chi connectivity index (χ1v) is 4.91. The molecule has 0 aliphatic rings. The summed E-state index contributed by atoms with van der Waals surface area (Å²) in [6, 6.07) is 3.60. The van der Waals surface area contributed by atoms with Crippen LogP contribution in [-0.2, 0) is 6.61 Å². The molecule has 0 bridgehead atoms. The van der Waals surface area contributed by atoms with E-state index >= 15 is 0 Å². The van der Waals surface area contributed by atoms with Crippen LogP contribution in [0.25, 0.3) is 0 Å². The highest BCUT2D eigenvalue weighted by atomic mass is 16.5. The van der Waals surface area contributed by atoms with Gasteiger partial charge in [-0.25, -0.2) is 4.98 Å². The molecule has 0 aromatic carbocycles. The van der Waals surface area contributed by atoms with Gasteiger partial charge in [0.2, 0.25) is 5.88 Å². The molecule has 3 nitrogen and oxygen atoms in total. The van der Waals surface area contributed by atoms with Gasteiger partial charge in [0.05, 0.1) is 13.2 Å². The van der Waals surface area contributed by atoms with Crippen molar-refractivity contribution in [2.24, 2.45) is 5.92 Å². The van der Waals surface area contributed by atoms with Crippen molar-refractivity contribution in [2.75, 3.05) is 6.61 Å². The van der Waals surface area contributed by atoms with Crippen LogP contribution < -0.4 is 4.74 Å². The molecule has 14 heavy (non-hydrogen) atoms. The number of aliphatic hydroxyl groups is 1. The maximum Gasteiger partial charge on any atom is 0.213 e. The summed E-state index contributed by atoms with van der Waals surface area (Å²) in [4.78, 5) is 4.06. The van der Waals surface area contributed by atoms with Crippen LogP contribution in [0, 0.1) is 5.92 Å². The van der Waals surface area contributed by atoms with Gasteiger partial charge in [-0.2, -0.15) is 0 Å². The molecule has 1 N–H and O–H groups in total. The lowest BCUT2D eigenvalue weighted by Gasteiger charge is -2.07. The van der Waals surface area contributed by atoms with Crippen LogP contribution in [0.5, 0.6) is 5.88 Å².